The fourth-order valence-electron chi connectivity index (χ4n) is 3.14. The smallest absolute Gasteiger partial charge is 0.203 e. The molecular formula is C26H25N3O3S. The van der Waals surface area contributed by atoms with Crippen LogP contribution in [0.1, 0.15) is 18.1 Å². The second-order valence-electron chi connectivity index (χ2n) is 7.05. The molecule has 0 atom stereocenters. The molecule has 0 aliphatic carbocycles. The van der Waals surface area contributed by atoms with Gasteiger partial charge in [-0.15, -0.1) is 11.3 Å². The van der Waals surface area contributed by atoms with Crippen LogP contribution in [-0.4, -0.2) is 24.9 Å². The Hall–Kier alpha value is -3.84. The van der Waals surface area contributed by atoms with Crippen LogP contribution in [0.15, 0.2) is 83.3 Å². The summed E-state index contributed by atoms with van der Waals surface area (Å²) in [7, 11) is 1.65. The lowest BCUT2D eigenvalue weighted by molar-refractivity contribution is 0.269. The SMILES string of the molecule is CCOc1cc(C=NNc2nc(-c3ccccc3)cs2)ccc1OCc1cccc(OC)c1. The van der Waals surface area contributed by atoms with Gasteiger partial charge in [-0.05, 0) is 48.4 Å². The molecule has 0 fully saturated rings. The van der Waals surface area contributed by atoms with Crippen molar-refractivity contribution in [2.75, 3.05) is 19.1 Å². The minimum absolute atomic E-state index is 0.417. The van der Waals surface area contributed by atoms with E-state index >= 15 is 0 Å². The molecule has 7 heteroatoms. The maximum Gasteiger partial charge on any atom is 0.203 e. The molecule has 0 saturated carbocycles. The predicted octanol–water partition coefficient (Wildman–Crippen LogP) is 6.24. The molecule has 4 rings (SSSR count). The standard InChI is InChI=1S/C26H25N3O3S/c1-3-31-25-15-19(12-13-24(25)32-17-20-8-7-11-22(14-20)30-2)16-27-29-26-28-23(18-33-26)21-9-5-4-6-10-21/h4-16,18H,3,17H2,1-2H3,(H,28,29). The van der Waals surface area contributed by atoms with Crippen LogP contribution < -0.4 is 19.6 Å². The highest BCUT2D eigenvalue weighted by Crippen LogP contribution is 2.29. The Bertz CT molecular complexity index is 1210. The number of ether oxygens (including phenoxy) is 3. The van der Waals surface area contributed by atoms with Gasteiger partial charge in [0.15, 0.2) is 11.5 Å². The number of methoxy groups -OCH3 is 1. The number of rotatable bonds is 10. The first kappa shape index (κ1) is 22.4. The average Bonchev–Trinajstić information content (AvgIpc) is 3.33. The molecule has 1 aromatic heterocycles. The zero-order valence-corrected chi connectivity index (χ0v) is 19.3. The van der Waals surface area contributed by atoms with Crippen molar-refractivity contribution in [2.45, 2.75) is 13.5 Å². The number of hydrazone groups is 1. The van der Waals surface area contributed by atoms with Crippen molar-refractivity contribution in [1.29, 1.82) is 0 Å². The fraction of sp³-hybridized carbons (Fsp3) is 0.154. The summed E-state index contributed by atoms with van der Waals surface area (Å²) in [6.45, 7) is 2.90. The quantitative estimate of drug-likeness (QED) is 0.225. The molecule has 4 aromatic rings. The molecule has 0 spiro atoms. The van der Waals surface area contributed by atoms with E-state index in [1.807, 2.05) is 85.1 Å². The van der Waals surface area contributed by atoms with E-state index in [4.69, 9.17) is 14.2 Å². The molecular weight excluding hydrogens is 434 g/mol. The molecule has 0 bridgehead atoms. The third-order valence-electron chi connectivity index (χ3n) is 4.74. The topological polar surface area (TPSA) is 65.0 Å². The summed E-state index contributed by atoms with van der Waals surface area (Å²) in [5.74, 6) is 2.15. The van der Waals surface area contributed by atoms with Crippen molar-refractivity contribution in [1.82, 2.24) is 4.98 Å². The molecule has 1 N–H and O–H groups in total. The number of nitrogens with one attached hydrogen (secondary N) is 1. The highest BCUT2D eigenvalue weighted by atomic mass is 32.1. The summed E-state index contributed by atoms with van der Waals surface area (Å²) in [6, 6.07) is 23.6. The molecule has 168 valence electrons. The number of hydrogen-bond donors (Lipinski definition) is 1. The van der Waals surface area contributed by atoms with E-state index < -0.39 is 0 Å². The van der Waals surface area contributed by atoms with Crippen molar-refractivity contribution >= 4 is 22.7 Å². The molecule has 6 nitrogen and oxygen atoms in total. The minimum Gasteiger partial charge on any atom is -0.497 e. The molecule has 0 radical (unpaired) electrons. The second kappa shape index (κ2) is 11.2. The molecule has 0 aliphatic heterocycles. The number of thiazole rings is 1. The number of nitrogens with zero attached hydrogens (tertiary/aromatic N) is 2. The van der Waals surface area contributed by atoms with E-state index in [9.17, 15) is 0 Å². The highest BCUT2D eigenvalue weighted by molar-refractivity contribution is 7.14. The first-order valence-corrected chi connectivity index (χ1v) is 11.5. The van der Waals surface area contributed by atoms with Crippen LogP contribution in [0.2, 0.25) is 0 Å². The van der Waals surface area contributed by atoms with E-state index in [-0.39, 0.29) is 0 Å². The number of aromatic nitrogens is 1. The number of benzene rings is 3. The zero-order valence-electron chi connectivity index (χ0n) is 18.5. The minimum atomic E-state index is 0.417. The van der Waals surface area contributed by atoms with Gasteiger partial charge in [0, 0.05) is 10.9 Å². The van der Waals surface area contributed by atoms with Crippen molar-refractivity contribution in [3.05, 3.63) is 89.3 Å². The summed E-state index contributed by atoms with van der Waals surface area (Å²) in [5, 5.41) is 7.06. The van der Waals surface area contributed by atoms with Crippen LogP contribution in [0.3, 0.4) is 0 Å². The molecule has 0 unspecified atom stereocenters. The van der Waals surface area contributed by atoms with Gasteiger partial charge in [0.05, 0.1) is 25.6 Å². The van der Waals surface area contributed by atoms with Gasteiger partial charge in [0.2, 0.25) is 5.13 Å². The van der Waals surface area contributed by atoms with Crippen molar-refractivity contribution in [3.8, 4) is 28.5 Å². The van der Waals surface area contributed by atoms with Crippen LogP contribution in [0.5, 0.6) is 17.2 Å². The number of hydrogen-bond acceptors (Lipinski definition) is 7. The predicted molar refractivity (Wildman–Crippen MR) is 134 cm³/mol. The lowest BCUT2D eigenvalue weighted by atomic mass is 10.2. The lowest BCUT2D eigenvalue weighted by Crippen LogP contribution is -2.01. The van der Waals surface area contributed by atoms with Gasteiger partial charge in [0.1, 0.15) is 12.4 Å². The van der Waals surface area contributed by atoms with Crippen molar-refractivity contribution < 1.29 is 14.2 Å². The van der Waals surface area contributed by atoms with E-state index in [1.54, 1.807) is 13.3 Å². The largest absolute Gasteiger partial charge is 0.497 e. The Balaban J connectivity index is 1.40. The van der Waals surface area contributed by atoms with E-state index in [0.29, 0.717) is 24.7 Å². The van der Waals surface area contributed by atoms with E-state index in [2.05, 4.69) is 15.5 Å². The third-order valence-corrected chi connectivity index (χ3v) is 5.49. The van der Waals surface area contributed by atoms with Gasteiger partial charge in [-0.3, -0.25) is 5.43 Å². The maximum absolute atomic E-state index is 6.00. The first-order valence-electron chi connectivity index (χ1n) is 10.6. The maximum atomic E-state index is 6.00. The van der Waals surface area contributed by atoms with Crippen molar-refractivity contribution in [3.63, 3.8) is 0 Å². The van der Waals surface area contributed by atoms with Gasteiger partial charge in [-0.25, -0.2) is 4.98 Å². The van der Waals surface area contributed by atoms with Crippen LogP contribution in [-0.2, 0) is 6.61 Å². The fourth-order valence-corrected chi connectivity index (χ4v) is 3.81. The summed E-state index contributed by atoms with van der Waals surface area (Å²) < 4.78 is 17.1. The second-order valence-corrected chi connectivity index (χ2v) is 7.91. The zero-order chi connectivity index (χ0) is 22.9. The molecule has 33 heavy (non-hydrogen) atoms. The van der Waals surface area contributed by atoms with Gasteiger partial charge in [-0.2, -0.15) is 5.10 Å². The normalized spacial score (nSPS) is 10.8. The average molecular weight is 460 g/mol. The summed E-state index contributed by atoms with van der Waals surface area (Å²) in [5.41, 5.74) is 6.91. The highest BCUT2D eigenvalue weighted by Gasteiger charge is 2.08. The Morgan fingerprint density at radius 1 is 0.970 bits per heavy atom. The van der Waals surface area contributed by atoms with Crippen LogP contribution in [0.25, 0.3) is 11.3 Å². The van der Waals surface area contributed by atoms with Gasteiger partial charge in [0.25, 0.3) is 0 Å². The third kappa shape index (κ3) is 6.11. The Labute approximate surface area is 197 Å². The van der Waals surface area contributed by atoms with Crippen LogP contribution in [0, 0.1) is 0 Å². The molecule has 0 amide bonds. The van der Waals surface area contributed by atoms with Crippen molar-refractivity contribution in [2.24, 2.45) is 5.10 Å². The summed E-state index contributed by atoms with van der Waals surface area (Å²) in [6.07, 6.45) is 1.73. The Morgan fingerprint density at radius 2 is 1.85 bits per heavy atom. The van der Waals surface area contributed by atoms with Gasteiger partial charge >= 0.3 is 0 Å². The Kier molecular flexibility index (Phi) is 7.56. The monoisotopic (exact) mass is 459 g/mol. The van der Waals surface area contributed by atoms with Gasteiger partial charge < -0.3 is 14.2 Å². The molecule has 3 aromatic carbocycles. The summed E-state index contributed by atoms with van der Waals surface area (Å²) in [4.78, 5) is 4.58. The molecule has 1 heterocycles. The van der Waals surface area contributed by atoms with Crippen LogP contribution >= 0.6 is 11.3 Å². The first-order chi connectivity index (χ1) is 16.2. The molecule has 0 aliphatic rings. The number of anilines is 1. The Morgan fingerprint density at radius 3 is 2.67 bits per heavy atom. The van der Waals surface area contributed by atoms with Crippen LogP contribution in [0.4, 0.5) is 5.13 Å². The van der Waals surface area contributed by atoms with E-state index in [1.165, 1.54) is 11.3 Å². The lowest BCUT2D eigenvalue weighted by Gasteiger charge is -2.13. The summed E-state index contributed by atoms with van der Waals surface area (Å²) >= 11 is 1.51. The molecule has 0 saturated heterocycles. The van der Waals surface area contributed by atoms with E-state index in [0.717, 1.165) is 33.3 Å². The van der Waals surface area contributed by atoms with Gasteiger partial charge in [-0.1, -0.05) is 42.5 Å².